The van der Waals surface area contributed by atoms with Gasteiger partial charge in [0, 0.05) is 16.6 Å². The molecule has 0 radical (unpaired) electrons. The molecule has 0 aromatic heterocycles. The fraction of sp³-hybridized carbons (Fsp3) is 0.130. The van der Waals surface area contributed by atoms with Gasteiger partial charge >= 0.3 is 0 Å². The third-order valence-electron chi connectivity index (χ3n) is 4.82. The predicted molar refractivity (Wildman–Crippen MR) is 126 cm³/mol. The van der Waals surface area contributed by atoms with Crippen LogP contribution < -0.4 is 10.1 Å². The molecule has 0 fully saturated rings. The molecule has 4 nitrogen and oxygen atoms in total. The van der Waals surface area contributed by atoms with Crippen LogP contribution in [0.4, 0.5) is 5.69 Å². The van der Waals surface area contributed by atoms with Crippen LogP contribution in [0.3, 0.4) is 0 Å². The lowest BCUT2D eigenvalue weighted by Crippen LogP contribution is -2.31. The fourth-order valence-electron chi connectivity index (χ4n) is 3.30. The van der Waals surface area contributed by atoms with E-state index < -0.39 is 0 Å². The highest BCUT2D eigenvalue weighted by atomic mass is 79.9. The van der Waals surface area contributed by atoms with Crippen LogP contribution in [-0.2, 0) is 0 Å². The van der Waals surface area contributed by atoms with Crippen molar-refractivity contribution >= 4 is 44.7 Å². The van der Waals surface area contributed by atoms with Gasteiger partial charge in [0.15, 0.2) is 5.11 Å². The summed E-state index contributed by atoms with van der Waals surface area (Å²) in [6, 6.07) is 26.2. The number of nitrogens with one attached hydrogen (secondary N) is 1. The summed E-state index contributed by atoms with van der Waals surface area (Å²) in [7, 11) is 1.67. The van der Waals surface area contributed by atoms with Gasteiger partial charge in [0.1, 0.15) is 5.75 Å². The molecule has 1 aliphatic heterocycles. The Balaban J connectivity index is 1.64. The largest absolute Gasteiger partial charge is 0.497 e. The second kappa shape index (κ2) is 8.76. The molecule has 0 aliphatic carbocycles. The molecule has 0 saturated carbocycles. The standard InChI is InChI=1S/C23H20BrN3OS/c1-28-20-13-9-17(10-14-20)22-15-21(16-7-11-18(24)12-8-16)26-27(22)23(29)25-19-5-3-2-4-6-19/h2-14,22H,15H2,1H3,(H,25,29)/t22-/m1/s1. The number of benzene rings is 3. The van der Waals surface area contributed by atoms with E-state index in [1.807, 2.05) is 59.6 Å². The van der Waals surface area contributed by atoms with Crippen molar-refractivity contribution in [2.75, 3.05) is 12.4 Å². The molecule has 146 valence electrons. The maximum Gasteiger partial charge on any atom is 0.194 e. The van der Waals surface area contributed by atoms with Gasteiger partial charge in [-0.2, -0.15) is 5.10 Å². The normalized spacial score (nSPS) is 15.7. The van der Waals surface area contributed by atoms with Gasteiger partial charge in [0.2, 0.25) is 0 Å². The van der Waals surface area contributed by atoms with E-state index in [1.54, 1.807) is 7.11 Å². The van der Waals surface area contributed by atoms with Gasteiger partial charge in [-0.25, -0.2) is 5.01 Å². The molecule has 0 bridgehead atoms. The van der Waals surface area contributed by atoms with E-state index >= 15 is 0 Å². The van der Waals surface area contributed by atoms with Crippen molar-refractivity contribution in [2.45, 2.75) is 12.5 Å². The van der Waals surface area contributed by atoms with Crippen molar-refractivity contribution in [2.24, 2.45) is 5.10 Å². The van der Waals surface area contributed by atoms with Crippen molar-refractivity contribution in [1.29, 1.82) is 0 Å². The average molecular weight is 466 g/mol. The molecule has 1 heterocycles. The van der Waals surface area contributed by atoms with Crippen LogP contribution >= 0.6 is 28.1 Å². The summed E-state index contributed by atoms with van der Waals surface area (Å²) in [5, 5.41) is 10.7. The van der Waals surface area contributed by atoms with E-state index in [2.05, 4.69) is 45.5 Å². The number of rotatable bonds is 4. The maximum absolute atomic E-state index is 5.72. The zero-order valence-corrected chi connectivity index (χ0v) is 18.3. The van der Waals surface area contributed by atoms with Gasteiger partial charge in [-0.1, -0.05) is 58.4 Å². The zero-order chi connectivity index (χ0) is 20.2. The van der Waals surface area contributed by atoms with Gasteiger partial charge in [0.25, 0.3) is 0 Å². The number of hydrogen-bond donors (Lipinski definition) is 1. The summed E-state index contributed by atoms with van der Waals surface area (Å²) < 4.78 is 6.35. The molecule has 0 amide bonds. The Labute approximate surface area is 184 Å². The molecule has 0 spiro atoms. The Hall–Kier alpha value is -2.70. The third kappa shape index (κ3) is 4.49. The van der Waals surface area contributed by atoms with E-state index in [9.17, 15) is 0 Å². The van der Waals surface area contributed by atoms with E-state index in [4.69, 9.17) is 22.1 Å². The van der Waals surface area contributed by atoms with Crippen molar-refractivity contribution in [3.8, 4) is 5.75 Å². The molecule has 6 heteroatoms. The van der Waals surface area contributed by atoms with Crippen molar-refractivity contribution in [1.82, 2.24) is 5.01 Å². The van der Waals surface area contributed by atoms with E-state index in [-0.39, 0.29) is 6.04 Å². The number of para-hydroxylation sites is 1. The second-order valence-electron chi connectivity index (χ2n) is 6.69. The van der Waals surface area contributed by atoms with Gasteiger partial charge < -0.3 is 10.1 Å². The maximum atomic E-state index is 5.72. The lowest BCUT2D eigenvalue weighted by molar-refractivity contribution is 0.374. The lowest BCUT2D eigenvalue weighted by atomic mass is 9.98. The van der Waals surface area contributed by atoms with Crippen LogP contribution in [0.1, 0.15) is 23.6 Å². The Morgan fingerprint density at radius 2 is 1.72 bits per heavy atom. The summed E-state index contributed by atoms with van der Waals surface area (Å²) in [6.45, 7) is 0. The highest BCUT2D eigenvalue weighted by Gasteiger charge is 2.31. The first-order chi connectivity index (χ1) is 14.1. The Morgan fingerprint density at radius 1 is 1.03 bits per heavy atom. The molecule has 3 aromatic rings. The smallest absolute Gasteiger partial charge is 0.194 e. The van der Waals surface area contributed by atoms with Crippen molar-refractivity contribution < 1.29 is 4.74 Å². The number of hydrazone groups is 1. The minimum absolute atomic E-state index is 0.0169. The van der Waals surface area contributed by atoms with Crippen LogP contribution in [0.15, 0.2) is 88.4 Å². The molecular formula is C23H20BrN3OS. The second-order valence-corrected chi connectivity index (χ2v) is 7.99. The number of anilines is 1. The molecule has 4 rings (SSSR count). The highest BCUT2D eigenvalue weighted by Crippen LogP contribution is 2.34. The molecule has 0 unspecified atom stereocenters. The van der Waals surface area contributed by atoms with Gasteiger partial charge in [-0.05, 0) is 59.7 Å². The monoisotopic (exact) mass is 465 g/mol. The zero-order valence-electron chi connectivity index (χ0n) is 15.9. The third-order valence-corrected chi connectivity index (χ3v) is 5.64. The first-order valence-electron chi connectivity index (χ1n) is 9.26. The highest BCUT2D eigenvalue weighted by molar-refractivity contribution is 9.10. The number of ether oxygens (including phenoxy) is 1. The number of methoxy groups -OCH3 is 1. The number of thiocarbonyl (C=S) groups is 1. The van der Waals surface area contributed by atoms with Gasteiger partial charge in [0.05, 0.1) is 18.9 Å². The van der Waals surface area contributed by atoms with Crippen molar-refractivity contribution in [3.05, 3.63) is 94.5 Å². The summed E-state index contributed by atoms with van der Waals surface area (Å²) in [4.78, 5) is 0. The fourth-order valence-corrected chi connectivity index (χ4v) is 3.85. The molecule has 29 heavy (non-hydrogen) atoms. The van der Waals surface area contributed by atoms with E-state index in [0.29, 0.717) is 5.11 Å². The molecule has 0 saturated heterocycles. The van der Waals surface area contributed by atoms with Crippen LogP contribution in [0.25, 0.3) is 0 Å². The molecular weight excluding hydrogens is 446 g/mol. The van der Waals surface area contributed by atoms with E-state index in [1.165, 1.54) is 0 Å². The Bertz CT molecular complexity index is 1020. The SMILES string of the molecule is COc1ccc([C@H]2CC(c3ccc(Br)cc3)=NN2C(=S)Nc2ccccc2)cc1. The predicted octanol–water partition coefficient (Wildman–Crippen LogP) is 6.01. The van der Waals surface area contributed by atoms with Crippen LogP contribution in [-0.4, -0.2) is 22.9 Å². The molecule has 3 aromatic carbocycles. The Morgan fingerprint density at radius 3 is 2.38 bits per heavy atom. The average Bonchev–Trinajstić information content (AvgIpc) is 3.21. The first kappa shape index (κ1) is 19.6. The van der Waals surface area contributed by atoms with E-state index in [0.717, 1.165) is 39.2 Å². The lowest BCUT2D eigenvalue weighted by Gasteiger charge is -2.25. The molecule has 1 atom stereocenters. The van der Waals surface area contributed by atoms with Crippen LogP contribution in [0.2, 0.25) is 0 Å². The molecule has 1 N–H and O–H groups in total. The minimum Gasteiger partial charge on any atom is -0.497 e. The summed E-state index contributed by atoms with van der Waals surface area (Å²) >= 11 is 9.22. The topological polar surface area (TPSA) is 36.9 Å². The van der Waals surface area contributed by atoms with Gasteiger partial charge in [-0.3, -0.25) is 0 Å². The number of nitrogens with zero attached hydrogens (tertiary/aromatic N) is 2. The quantitative estimate of drug-likeness (QED) is 0.478. The number of hydrogen-bond acceptors (Lipinski definition) is 3. The first-order valence-corrected chi connectivity index (χ1v) is 10.5. The summed E-state index contributed by atoms with van der Waals surface area (Å²) in [5.74, 6) is 0.831. The minimum atomic E-state index is 0.0169. The Kier molecular flexibility index (Phi) is 5.92. The van der Waals surface area contributed by atoms with Crippen molar-refractivity contribution in [3.63, 3.8) is 0 Å². The summed E-state index contributed by atoms with van der Waals surface area (Å²) in [6.07, 6.45) is 0.768. The van der Waals surface area contributed by atoms with Gasteiger partial charge in [-0.15, -0.1) is 0 Å². The van der Waals surface area contributed by atoms with Crippen LogP contribution in [0.5, 0.6) is 5.75 Å². The molecule has 1 aliphatic rings. The van der Waals surface area contributed by atoms with Crippen LogP contribution in [0, 0.1) is 0 Å². The number of halogens is 1. The summed E-state index contributed by atoms with van der Waals surface area (Å²) in [5.41, 5.74) is 4.18.